The average Bonchev–Trinajstić information content (AvgIpc) is 3.40. The quantitative estimate of drug-likeness (QED) is 0.442. The first-order valence-electron chi connectivity index (χ1n) is 9.57. The number of carbonyl (C=O) groups is 1. The van der Waals surface area contributed by atoms with E-state index in [-0.39, 0.29) is 12.5 Å². The molecule has 1 heterocycles. The third-order valence-corrected chi connectivity index (χ3v) is 5.38. The number of amides is 1. The zero-order chi connectivity index (χ0) is 20.5. The molecule has 3 aromatic carbocycles. The van der Waals surface area contributed by atoms with Crippen LogP contribution in [0.5, 0.6) is 0 Å². The van der Waals surface area contributed by atoms with Gasteiger partial charge in [0.25, 0.3) is 0 Å². The van der Waals surface area contributed by atoms with E-state index in [1.807, 2.05) is 6.07 Å². The summed E-state index contributed by atoms with van der Waals surface area (Å²) in [6, 6.07) is 19.9. The number of fused-ring (bicyclic) bond motifs is 3. The second-order valence-corrected chi connectivity index (χ2v) is 7.55. The Morgan fingerprint density at radius 1 is 1.03 bits per heavy atom. The second-order valence-electron chi connectivity index (χ2n) is 7.11. The zero-order valence-corrected chi connectivity index (χ0v) is 16.7. The van der Waals surface area contributed by atoms with E-state index in [1.165, 1.54) is 28.6 Å². The Morgan fingerprint density at radius 2 is 1.90 bits per heavy atom. The van der Waals surface area contributed by atoms with Gasteiger partial charge in [0.05, 0.1) is 17.9 Å². The first-order chi connectivity index (χ1) is 14.7. The van der Waals surface area contributed by atoms with Crippen LogP contribution < -0.4 is 10.6 Å². The van der Waals surface area contributed by atoms with Crippen LogP contribution in [0.4, 0.5) is 11.4 Å². The SMILES string of the molecule is O=C(CNc1ccc2c(c1)Cc1ccccc1-2)Nc1cc(Cl)ccc1-n1cncn1. The molecule has 2 N–H and O–H groups in total. The lowest BCUT2D eigenvalue weighted by atomic mass is 10.1. The van der Waals surface area contributed by atoms with Gasteiger partial charge in [0, 0.05) is 10.7 Å². The smallest absolute Gasteiger partial charge is 0.243 e. The minimum absolute atomic E-state index is 0.134. The number of aromatic nitrogens is 3. The van der Waals surface area contributed by atoms with E-state index in [0.29, 0.717) is 16.4 Å². The Hall–Kier alpha value is -3.64. The lowest BCUT2D eigenvalue weighted by Gasteiger charge is -2.13. The van der Waals surface area contributed by atoms with Gasteiger partial charge in [0.1, 0.15) is 12.7 Å². The summed E-state index contributed by atoms with van der Waals surface area (Å²) in [5, 5.41) is 10.8. The summed E-state index contributed by atoms with van der Waals surface area (Å²) in [5.74, 6) is -0.178. The third-order valence-electron chi connectivity index (χ3n) is 5.15. The lowest BCUT2D eigenvalue weighted by Crippen LogP contribution is -2.22. The van der Waals surface area contributed by atoms with Gasteiger partial charge in [-0.05, 0) is 59.0 Å². The van der Waals surface area contributed by atoms with E-state index in [2.05, 4.69) is 57.1 Å². The van der Waals surface area contributed by atoms with Gasteiger partial charge in [-0.2, -0.15) is 5.10 Å². The van der Waals surface area contributed by atoms with E-state index in [9.17, 15) is 4.79 Å². The number of hydrogen-bond donors (Lipinski definition) is 2. The topological polar surface area (TPSA) is 71.8 Å². The van der Waals surface area contributed by atoms with Crippen molar-refractivity contribution in [2.75, 3.05) is 17.2 Å². The molecule has 5 rings (SSSR count). The minimum atomic E-state index is -0.178. The lowest BCUT2D eigenvalue weighted by molar-refractivity contribution is -0.114. The Bertz CT molecular complexity index is 1240. The summed E-state index contributed by atoms with van der Waals surface area (Å²) in [6.45, 7) is 0.134. The molecule has 0 unspecified atom stereocenters. The van der Waals surface area contributed by atoms with Crippen molar-refractivity contribution in [3.63, 3.8) is 0 Å². The van der Waals surface area contributed by atoms with Crippen molar-refractivity contribution >= 4 is 28.9 Å². The molecule has 0 fully saturated rings. The van der Waals surface area contributed by atoms with Gasteiger partial charge in [-0.15, -0.1) is 0 Å². The van der Waals surface area contributed by atoms with Crippen molar-refractivity contribution in [3.8, 4) is 16.8 Å². The Morgan fingerprint density at radius 3 is 2.77 bits per heavy atom. The van der Waals surface area contributed by atoms with Crippen molar-refractivity contribution in [2.45, 2.75) is 6.42 Å². The molecule has 0 saturated carbocycles. The molecule has 6 nitrogen and oxygen atoms in total. The highest BCUT2D eigenvalue weighted by Gasteiger charge is 2.18. The fourth-order valence-electron chi connectivity index (χ4n) is 3.77. The molecule has 0 atom stereocenters. The van der Waals surface area contributed by atoms with Crippen LogP contribution in [-0.4, -0.2) is 27.2 Å². The minimum Gasteiger partial charge on any atom is -0.376 e. The number of hydrogen-bond acceptors (Lipinski definition) is 4. The monoisotopic (exact) mass is 415 g/mol. The van der Waals surface area contributed by atoms with Crippen molar-refractivity contribution in [3.05, 3.63) is 89.5 Å². The van der Waals surface area contributed by atoms with Crippen LogP contribution in [0.1, 0.15) is 11.1 Å². The summed E-state index contributed by atoms with van der Waals surface area (Å²) in [5.41, 5.74) is 7.34. The van der Waals surface area contributed by atoms with Crippen molar-refractivity contribution in [1.29, 1.82) is 0 Å². The maximum Gasteiger partial charge on any atom is 0.243 e. The maximum absolute atomic E-state index is 12.6. The van der Waals surface area contributed by atoms with Crippen LogP contribution in [-0.2, 0) is 11.2 Å². The zero-order valence-electron chi connectivity index (χ0n) is 16.0. The molecule has 1 aliphatic rings. The average molecular weight is 416 g/mol. The largest absolute Gasteiger partial charge is 0.376 e. The summed E-state index contributed by atoms with van der Waals surface area (Å²) >= 11 is 6.11. The van der Waals surface area contributed by atoms with Gasteiger partial charge in [-0.3, -0.25) is 4.79 Å². The third kappa shape index (κ3) is 3.53. The van der Waals surface area contributed by atoms with Crippen LogP contribution >= 0.6 is 11.6 Å². The molecule has 30 heavy (non-hydrogen) atoms. The molecule has 7 heteroatoms. The molecular weight excluding hydrogens is 398 g/mol. The molecule has 4 aromatic rings. The highest BCUT2D eigenvalue weighted by atomic mass is 35.5. The molecule has 1 aromatic heterocycles. The number of rotatable bonds is 5. The maximum atomic E-state index is 12.6. The number of nitrogens with one attached hydrogen (secondary N) is 2. The van der Waals surface area contributed by atoms with Crippen LogP contribution in [0.3, 0.4) is 0 Å². The molecule has 0 spiro atoms. The highest BCUT2D eigenvalue weighted by molar-refractivity contribution is 6.31. The Balaban J connectivity index is 1.28. The Labute approximate surface area is 178 Å². The van der Waals surface area contributed by atoms with Crippen molar-refractivity contribution in [2.24, 2.45) is 0 Å². The van der Waals surface area contributed by atoms with E-state index in [1.54, 1.807) is 29.2 Å². The first kappa shape index (κ1) is 18.4. The molecule has 0 aliphatic heterocycles. The van der Waals surface area contributed by atoms with Crippen molar-refractivity contribution < 1.29 is 4.79 Å². The molecule has 1 aliphatic carbocycles. The van der Waals surface area contributed by atoms with Crippen LogP contribution in [0.15, 0.2) is 73.3 Å². The second kappa shape index (κ2) is 7.65. The fourth-order valence-corrected chi connectivity index (χ4v) is 3.94. The summed E-state index contributed by atoms with van der Waals surface area (Å²) < 4.78 is 1.58. The number of anilines is 2. The molecule has 0 bridgehead atoms. The van der Waals surface area contributed by atoms with E-state index in [0.717, 1.165) is 12.1 Å². The number of carbonyl (C=O) groups excluding carboxylic acids is 1. The van der Waals surface area contributed by atoms with Crippen LogP contribution in [0, 0.1) is 0 Å². The van der Waals surface area contributed by atoms with E-state index >= 15 is 0 Å². The number of halogens is 1. The Kier molecular flexibility index (Phi) is 4.69. The predicted molar refractivity (Wildman–Crippen MR) is 118 cm³/mol. The van der Waals surface area contributed by atoms with Gasteiger partial charge < -0.3 is 10.6 Å². The summed E-state index contributed by atoms with van der Waals surface area (Å²) in [7, 11) is 0. The fraction of sp³-hybridized carbons (Fsp3) is 0.0870. The van der Waals surface area contributed by atoms with Gasteiger partial charge in [0.15, 0.2) is 0 Å². The van der Waals surface area contributed by atoms with Gasteiger partial charge in [-0.25, -0.2) is 9.67 Å². The number of benzene rings is 3. The summed E-state index contributed by atoms with van der Waals surface area (Å²) in [4.78, 5) is 16.5. The molecule has 1 amide bonds. The van der Waals surface area contributed by atoms with E-state index in [4.69, 9.17) is 11.6 Å². The van der Waals surface area contributed by atoms with E-state index < -0.39 is 0 Å². The molecular formula is C23H18ClN5O. The van der Waals surface area contributed by atoms with Crippen LogP contribution in [0.2, 0.25) is 5.02 Å². The summed E-state index contributed by atoms with van der Waals surface area (Å²) in [6.07, 6.45) is 3.92. The highest BCUT2D eigenvalue weighted by Crippen LogP contribution is 2.37. The number of nitrogens with zero attached hydrogens (tertiary/aromatic N) is 3. The van der Waals surface area contributed by atoms with Gasteiger partial charge >= 0.3 is 0 Å². The first-order valence-corrected chi connectivity index (χ1v) is 9.95. The molecule has 0 radical (unpaired) electrons. The normalized spacial score (nSPS) is 11.6. The van der Waals surface area contributed by atoms with Gasteiger partial charge in [0.2, 0.25) is 5.91 Å². The predicted octanol–water partition coefficient (Wildman–Crippen LogP) is 4.54. The standard InChI is InChI=1S/C23H18ClN5O/c24-17-5-8-22(29-14-25-13-27-29)21(11-17)28-23(30)12-26-18-6-7-20-16(10-18)9-15-3-1-2-4-19(15)20/h1-8,10-11,13-14,26H,9,12H2,(H,28,30). The van der Waals surface area contributed by atoms with Crippen molar-refractivity contribution in [1.82, 2.24) is 14.8 Å². The van der Waals surface area contributed by atoms with Crippen LogP contribution in [0.25, 0.3) is 16.8 Å². The molecule has 148 valence electrons. The van der Waals surface area contributed by atoms with Gasteiger partial charge in [-0.1, -0.05) is 41.9 Å². The molecule has 0 saturated heterocycles.